The Morgan fingerprint density at radius 1 is 0.943 bits per heavy atom. The normalized spacial score (nSPS) is 20.3. The van der Waals surface area contributed by atoms with Gasteiger partial charge >= 0.3 is 0 Å². The smallest absolute Gasteiger partial charge is 0.225 e. The van der Waals surface area contributed by atoms with E-state index < -0.39 is 0 Å². The zero-order valence-corrected chi connectivity index (χ0v) is 20.5. The highest BCUT2D eigenvalue weighted by molar-refractivity contribution is 5.42. The Labute approximate surface area is 207 Å². The van der Waals surface area contributed by atoms with Crippen LogP contribution in [0.1, 0.15) is 43.5 Å². The molecule has 0 unspecified atom stereocenters. The van der Waals surface area contributed by atoms with Crippen LogP contribution >= 0.6 is 0 Å². The van der Waals surface area contributed by atoms with Crippen LogP contribution in [0.25, 0.3) is 0 Å². The fourth-order valence-corrected chi connectivity index (χ4v) is 4.52. The lowest BCUT2D eigenvalue weighted by atomic mass is 9.78. The molecule has 7 nitrogen and oxygen atoms in total. The Bertz CT molecular complexity index is 1110. The van der Waals surface area contributed by atoms with E-state index in [1.807, 2.05) is 18.2 Å². The van der Waals surface area contributed by atoms with Crippen LogP contribution < -0.4 is 20.1 Å². The van der Waals surface area contributed by atoms with Crippen molar-refractivity contribution < 1.29 is 14.2 Å². The number of aromatic nitrogens is 2. The molecule has 2 N–H and O–H groups in total. The van der Waals surface area contributed by atoms with Crippen LogP contribution in [-0.2, 0) is 16.8 Å². The molecule has 2 aromatic carbocycles. The molecule has 7 heteroatoms. The van der Waals surface area contributed by atoms with Crippen molar-refractivity contribution in [2.45, 2.75) is 50.9 Å². The van der Waals surface area contributed by atoms with Gasteiger partial charge in [0.15, 0.2) is 0 Å². The first-order valence-electron chi connectivity index (χ1n) is 12.4. The molecule has 2 heterocycles. The molecule has 0 amide bonds. The van der Waals surface area contributed by atoms with Gasteiger partial charge in [0.25, 0.3) is 0 Å². The van der Waals surface area contributed by atoms with Gasteiger partial charge in [0, 0.05) is 30.7 Å². The molecule has 5 rings (SSSR count). The lowest BCUT2D eigenvalue weighted by molar-refractivity contribution is 0.101. The first-order chi connectivity index (χ1) is 17.0. The fourth-order valence-electron chi connectivity index (χ4n) is 4.52. The highest BCUT2D eigenvalue weighted by Crippen LogP contribution is 2.34. The van der Waals surface area contributed by atoms with Gasteiger partial charge in [0.05, 0.1) is 18.9 Å². The van der Waals surface area contributed by atoms with Crippen molar-refractivity contribution in [3.8, 4) is 11.5 Å². The number of hydrogen-bond acceptors (Lipinski definition) is 7. The molecule has 0 spiro atoms. The Hall–Kier alpha value is -3.16. The van der Waals surface area contributed by atoms with E-state index in [0.717, 1.165) is 49.1 Å². The molecule has 1 aliphatic carbocycles. The van der Waals surface area contributed by atoms with Crippen molar-refractivity contribution >= 4 is 5.95 Å². The van der Waals surface area contributed by atoms with E-state index in [0.29, 0.717) is 25.9 Å². The monoisotopic (exact) mass is 474 g/mol. The first-order valence-corrected chi connectivity index (χ1v) is 12.4. The third-order valence-corrected chi connectivity index (χ3v) is 6.97. The van der Waals surface area contributed by atoms with Crippen molar-refractivity contribution in [1.82, 2.24) is 9.97 Å². The average Bonchev–Trinajstić information content (AvgIpc) is 2.88. The Morgan fingerprint density at radius 3 is 2.20 bits per heavy atom. The molecule has 0 atom stereocenters. The number of benzene rings is 2. The molecule has 0 radical (unpaired) electrons. The van der Waals surface area contributed by atoms with Crippen molar-refractivity contribution in [2.24, 2.45) is 5.73 Å². The molecule has 1 saturated carbocycles. The molecule has 1 aliphatic heterocycles. The van der Waals surface area contributed by atoms with Gasteiger partial charge in [-0.2, -0.15) is 0 Å². The summed E-state index contributed by atoms with van der Waals surface area (Å²) in [5.41, 5.74) is 9.04. The summed E-state index contributed by atoms with van der Waals surface area (Å²) in [5.74, 6) is 2.46. The van der Waals surface area contributed by atoms with E-state index in [1.54, 1.807) is 6.20 Å². The van der Waals surface area contributed by atoms with Gasteiger partial charge < -0.3 is 24.8 Å². The molecular formula is C28H34N4O3. The number of ether oxygens (including phenoxy) is 3. The Morgan fingerprint density at radius 2 is 1.57 bits per heavy atom. The molecule has 2 aliphatic rings. The highest BCUT2D eigenvalue weighted by atomic mass is 16.5. The molecule has 35 heavy (non-hydrogen) atoms. The minimum atomic E-state index is -0.143. The SMILES string of the molecule is CC(C)(c1ccc(OCc2ccnc(N3CCOCC3)n2)cc1)c1ccc(OC2CC(N)C2)cc1. The predicted octanol–water partition coefficient (Wildman–Crippen LogP) is 4.09. The third-order valence-electron chi connectivity index (χ3n) is 6.97. The molecule has 3 aromatic rings. The van der Waals surface area contributed by atoms with Crippen LogP contribution in [0, 0.1) is 0 Å². The minimum absolute atomic E-state index is 0.143. The summed E-state index contributed by atoms with van der Waals surface area (Å²) in [6.45, 7) is 7.91. The van der Waals surface area contributed by atoms with Crippen LogP contribution in [0.3, 0.4) is 0 Å². The van der Waals surface area contributed by atoms with E-state index >= 15 is 0 Å². The second-order valence-electron chi connectivity index (χ2n) is 9.88. The zero-order chi connectivity index (χ0) is 24.3. The number of hydrogen-bond donors (Lipinski definition) is 1. The van der Waals surface area contributed by atoms with E-state index in [4.69, 9.17) is 19.9 Å². The maximum absolute atomic E-state index is 6.03. The largest absolute Gasteiger partial charge is 0.490 e. The highest BCUT2D eigenvalue weighted by Gasteiger charge is 2.28. The molecule has 1 aromatic heterocycles. The van der Waals surface area contributed by atoms with Crippen LogP contribution in [0.5, 0.6) is 11.5 Å². The Balaban J connectivity index is 1.19. The van der Waals surface area contributed by atoms with Crippen molar-refractivity contribution in [2.75, 3.05) is 31.2 Å². The summed E-state index contributed by atoms with van der Waals surface area (Å²) in [6.07, 6.45) is 3.92. The van der Waals surface area contributed by atoms with Gasteiger partial charge in [0.2, 0.25) is 5.95 Å². The van der Waals surface area contributed by atoms with Crippen molar-refractivity contribution in [3.63, 3.8) is 0 Å². The summed E-state index contributed by atoms with van der Waals surface area (Å²) in [4.78, 5) is 11.2. The lowest BCUT2D eigenvalue weighted by Crippen LogP contribution is -2.43. The summed E-state index contributed by atoms with van der Waals surface area (Å²) in [7, 11) is 0. The zero-order valence-electron chi connectivity index (χ0n) is 20.5. The fraction of sp³-hybridized carbons (Fsp3) is 0.429. The summed E-state index contributed by atoms with van der Waals surface area (Å²) < 4.78 is 17.4. The quantitative estimate of drug-likeness (QED) is 0.527. The molecule has 184 valence electrons. The maximum Gasteiger partial charge on any atom is 0.225 e. The van der Waals surface area contributed by atoms with E-state index in [1.165, 1.54) is 11.1 Å². The van der Waals surface area contributed by atoms with Gasteiger partial charge in [-0.3, -0.25) is 0 Å². The summed E-state index contributed by atoms with van der Waals surface area (Å²) in [6, 6.07) is 18.9. The standard InChI is InChI=1S/C28H34N4O3/c1-28(2,21-5-9-25(10-6-21)35-26-17-22(29)18-26)20-3-7-24(8-4-20)34-19-23-11-12-30-27(31-23)32-13-15-33-16-14-32/h3-12,22,26H,13-19,29H2,1-2H3. The number of nitrogens with two attached hydrogens (primary N) is 1. The molecule has 1 saturated heterocycles. The molecular weight excluding hydrogens is 440 g/mol. The first kappa shape index (κ1) is 23.6. The number of nitrogens with zero attached hydrogens (tertiary/aromatic N) is 3. The van der Waals surface area contributed by atoms with Gasteiger partial charge in [-0.25, -0.2) is 9.97 Å². The average molecular weight is 475 g/mol. The number of rotatable bonds is 8. The summed E-state index contributed by atoms with van der Waals surface area (Å²) in [5, 5.41) is 0. The lowest BCUT2D eigenvalue weighted by Gasteiger charge is -2.33. The molecule has 0 bridgehead atoms. The van der Waals surface area contributed by atoms with Gasteiger partial charge in [-0.05, 0) is 54.3 Å². The van der Waals surface area contributed by atoms with Crippen LogP contribution in [-0.4, -0.2) is 48.4 Å². The summed E-state index contributed by atoms with van der Waals surface area (Å²) >= 11 is 0. The van der Waals surface area contributed by atoms with Crippen LogP contribution in [0.15, 0.2) is 60.8 Å². The second-order valence-corrected chi connectivity index (χ2v) is 9.88. The minimum Gasteiger partial charge on any atom is -0.490 e. The number of morpholine rings is 1. The second kappa shape index (κ2) is 10.2. The van der Waals surface area contributed by atoms with E-state index in [9.17, 15) is 0 Å². The Kier molecular flexibility index (Phi) is 6.88. The van der Waals surface area contributed by atoms with Gasteiger partial charge in [-0.1, -0.05) is 38.1 Å². The number of anilines is 1. The van der Waals surface area contributed by atoms with Crippen LogP contribution in [0.4, 0.5) is 5.95 Å². The maximum atomic E-state index is 6.03. The van der Waals surface area contributed by atoms with Crippen molar-refractivity contribution in [1.29, 1.82) is 0 Å². The van der Waals surface area contributed by atoms with Gasteiger partial charge in [-0.15, -0.1) is 0 Å². The predicted molar refractivity (Wildman–Crippen MR) is 136 cm³/mol. The topological polar surface area (TPSA) is 82.7 Å². The third kappa shape index (κ3) is 5.57. The molecule has 2 fully saturated rings. The van der Waals surface area contributed by atoms with E-state index in [2.05, 4.69) is 65.1 Å². The van der Waals surface area contributed by atoms with Gasteiger partial charge in [0.1, 0.15) is 24.2 Å². The van der Waals surface area contributed by atoms with Crippen LogP contribution in [0.2, 0.25) is 0 Å². The van der Waals surface area contributed by atoms with E-state index in [-0.39, 0.29) is 11.5 Å². The van der Waals surface area contributed by atoms with Crippen molar-refractivity contribution in [3.05, 3.63) is 77.6 Å².